The van der Waals surface area contributed by atoms with E-state index in [1.165, 1.54) is 0 Å². The highest BCUT2D eigenvalue weighted by atomic mass is 16.5. The fourth-order valence-corrected chi connectivity index (χ4v) is 2.22. The minimum atomic E-state index is -0.558. The van der Waals surface area contributed by atoms with Crippen LogP contribution in [0, 0.1) is 0 Å². The van der Waals surface area contributed by atoms with E-state index in [0.29, 0.717) is 13.2 Å². The summed E-state index contributed by atoms with van der Waals surface area (Å²) in [6, 6.07) is 17.2. The average molecular weight is 298 g/mol. The van der Waals surface area contributed by atoms with E-state index in [4.69, 9.17) is 10.5 Å². The van der Waals surface area contributed by atoms with Gasteiger partial charge in [-0.15, -0.1) is 0 Å². The lowest BCUT2D eigenvalue weighted by atomic mass is 10.1. The van der Waals surface area contributed by atoms with E-state index in [9.17, 15) is 4.79 Å². The zero-order valence-electron chi connectivity index (χ0n) is 12.8. The first-order chi connectivity index (χ1) is 10.7. The van der Waals surface area contributed by atoms with Gasteiger partial charge in [-0.25, -0.2) is 0 Å². The van der Waals surface area contributed by atoms with Crippen molar-refractivity contribution < 1.29 is 9.53 Å². The summed E-state index contributed by atoms with van der Waals surface area (Å²) in [7, 11) is 0. The second kappa shape index (κ2) is 8.20. The number of rotatable bonds is 7. The van der Waals surface area contributed by atoms with Crippen molar-refractivity contribution in [1.29, 1.82) is 0 Å². The average Bonchev–Trinajstić information content (AvgIpc) is 2.55. The molecule has 2 aromatic rings. The summed E-state index contributed by atoms with van der Waals surface area (Å²) in [5, 5.41) is 2.93. The first-order valence-corrected chi connectivity index (χ1v) is 7.49. The van der Waals surface area contributed by atoms with Crippen molar-refractivity contribution in [3.63, 3.8) is 0 Å². The van der Waals surface area contributed by atoms with E-state index in [2.05, 4.69) is 5.32 Å². The third-order valence-electron chi connectivity index (χ3n) is 3.37. The molecule has 4 heteroatoms. The van der Waals surface area contributed by atoms with Crippen molar-refractivity contribution in [3.8, 4) is 0 Å². The van der Waals surface area contributed by atoms with Crippen molar-refractivity contribution in [3.05, 3.63) is 65.7 Å². The fraction of sp³-hybridized carbons (Fsp3) is 0.278. The van der Waals surface area contributed by atoms with Gasteiger partial charge in [-0.1, -0.05) is 42.5 Å². The van der Waals surface area contributed by atoms with Gasteiger partial charge in [-0.3, -0.25) is 4.79 Å². The molecule has 1 unspecified atom stereocenters. The molecule has 0 aromatic heterocycles. The molecular weight excluding hydrogens is 276 g/mol. The Hall–Kier alpha value is -2.33. The largest absolute Gasteiger partial charge is 0.399 e. The summed E-state index contributed by atoms with van der Waals surface area (Å²) in [4.78, 5) is 12.3. The maximum Gasteiger partial charge on any atom is 0.253 e. The molecule has 0 fully saturated rings. The predicted octanol–water partition coefficient (Wildman–Crippen LogP) is 2.71. The molecule has 1 atom stereocenters. The molecule has 2 aromatic carbocycles. The standard InChI is InChI=1S/C18H22N2O2/c1-2-22-17(15-6-4-3-5-7-15)18(21)20-13-12-14-8-10-16(19)11-9-14/h3-11,17H,2,12-13,19H2,1H3,(H,20,21). The Labute approximate surface area is 131 Å². The van der Waals surface area contributed by atoms with Gasteiger partial charge in [-0.2, -0.15) is 0 Å². The Bertz CT molecular complexity index is 582. The van der Waals surface area contributed by atoms with Gasteiger partial charge in [0.05, 0.1) is 0 Å². The second-order valence-electron chi connectivity index (χ2n) is 5.03. The predicted molar refractivity (Wildman–Crippen MR) is 88.4 cm³/mol. The number of amides is 1. The number of anilines is 1. The zero-order valence-corrected chi connectivity index (χ0v) is 12.8. The number of hydrogen-bond acceptors (Lipinski definition) is 3. The highest BCUT2D eigenvalue weighted by molar-refractivity contribution is 5.82. The lowest BCUT2D eigenvalue weighted by Gasteiger charge is -2.17. The Morgan fingerprint density at radius 1 is 1.14 bits per heavy atom. The Morgan fingerprint density at radius 3 is 2.45 bits per heavy atom. The van der Waals surface area contributed by atoms with Gasteiger partial charge in [0.2, 0.25) is 0 Å². The molecule has 3 N–H and O–H groups in total. The normalized spacial score (nSPS) is 11.9. The molecule has 0 bridgehead atoms. The Balaban J connectivity index is 1.90. The molecule has 0 radical (unpaired) electrons. The van der Waals surface area contributed by atoms with Crippen LogP contribution in [0.1, 0.15) is 24.2 Å². The van der Waals surface area contributed by atoms with Crippen LogP contribution in [-0.2, 0) is 16.0 Å². The zero-order chi connectivity index (χ0) is 15.8. The number of hydrogen-bond donors (Lipinski definition) is 2. The number of nitrogens with two attached hydrogens (primary N) is 1. The molecule has 0 aliphatic carbocycles. The molecule has 22 heavy (non-hydrogen) atoms. The van der Waals surface area contributed by atoms with E-state index in [1.54, 1.807) is 0 Å². The second-order valence-corrected chi connectivity index (χ2v) is 5.03. The van der Waals surface area contributed by atoms with Crippen molar-refractivity contribution in [2.45, 2.75) is 19.4 Å². The summed E-state index contributed by atoms with van der Waals surface area (Å²) >= 11 is 0. The van der Waals surface area contributed by atoms with Gasteiger partial charge in [0.15, 0.2) is 6.10 Å². The van der Waals surface area contributed by atoms with Gasteiger partial charge in [0.25, 0.3) is 5.91 Å². The maximum absolute atomic E-state index is 12.3. The van der Waals surface area contributed by atoms with E-state index < -0.39 is 6.10 Å². The molecule has 0 aliphatic rings. The smallest absolute Gasteiger partial charge is 0.253 e. The van der Waals surface area contributed by atoms with Gasteiger partial charge in [0.1, 0.15) is 0 Å². The lowest BCUT2D eigenvalue weighted by molar-refractivity contribution is -0.132. The highest BCUT2D eigenvalue weighted by Crippen LogP contribution is 2.17. The van der Waals surface area contributed by atoms with Gasteiger partial charge >= 0.3 is 0 Å². The third-order valence-corrected chi connectivity index (χ3v) is 3.37. The molecule has 0 heterocycles. The SMILES string of the molecule is CCOC(C(=O)NCCc1ccc(N)cc1)c1ccccc1. The molecule has 0 spiro atoms. The van der Waals surface area contributed by atoms with Gasteiger partial charge in [-0.05, 0) is 36.6 Å². The van der Waals surface area contributed by atoms with Crippen molar-refractivity contribution in [1.82, 2.24) is 5.32 Å². The van der Waals surface area contributed by atoms with Crippen molar-refractivity contribution in [2.24, 2.45) is 0 Å². The Kier molecular flexibility index (Phi) is 5.98. The van der Waals surface area contributed by atoms with E-state index >= 15 is 0 Å². The molecule has 2 rings (SSSR count). The molecule has 0 saturated carbocycles. The van der Waals surface area contributed by atoms with Crippen LogP contribution in [0.3, 0.4) is 0 Å². The van der Waals surface area contributed by atoms with Crippen LogP contribution >= 0.6 is 0 Å². The minimum absolute atomic E-state index is 0.108. The lowest BCUT2D eigenvalue weighted by Crippen LogP contribution is -2.32. The number of benzene rings is 2. The topological polar surface area (TPSA) is 64.3 Å². The van der Waals surface area contributed by atoms with Crippen molar-refractivity contribution in [2.75, 3.05) is 18.9 Å². The van der Waals surface area contributed by atoms with Crippen LogP contribution < -0.4 is 11.1 Å². The van der Waals surface area contributed by atoms with E-state index in [0.717, 1.165) is 23.2 Å². The quantitative estimate of drug-likeness (QED) is 0.772. The van der Waals surface area contributed by atoms with Crippen molar-refractivity contribution >= 4 is 11.6 Å². The van der Waals surface area contributed by atoms with Crippen LogP contribution in [0.5, 0.6) is 0 Å². The molecule has 0 aliphatic heterocycles. The molecular formula is C18H22N2O2. The first kappa shape index (κ1) is 16.0. The first-order valence-electron chi connectivity index (χ1n) is 7.49. The van der Waals surface area contributed by atoms with E-state index in [-0.39, 0.29) is 5.91 Å². The number of nitrogens with one attached hydrogen (secondary N) is 1. The summed E-state index contributed by atoms with van der Waals surface area (Å²) < 4.78 is 5.58. The minimum Gasteiger partial charge on any atom is -0.399 e. The summed E-state index contributed by atoms with van der Waals surface area (Å²) in [6.45, 7) is 2.95. The fourth-order valence-electron chi connectivity index (χ4n) is 2.22. The number of carbonyl (C=O) groups is 1. The van der Waals surface area contributed by atoms with Crippen LogP contribution in [0.25, 0.3) is 0 Å². The van der Waals surface area contributed by atoms with Crippen LogP contribution in [0.4, 0.5) is 5.69 Å². The van der Waals surface area contributed by atoms with E-state index in [1.807, 2.05) is 61.5 Å². The Morgan fingerprint density at radius 2 is 1.82 bits per heavy atom. The summed E-state index contributed by atoms with van der Waals surface area (Å²) in [5.74, 6) is -0.108. The highest BCUT2D eigenvalue weighted by Gasteiger charge is 2.19. The third kappa shape index (κ3) is 4.60. The van der Waals surface area contributed by atoms with Gasteiger partial charge in [0, 0.05) is 18.8 Å². The van der Waals surface area contributed by atoms with Crippen LogP contribution in [0.15, 0.2) is 54.6 Å². The van der Waals surface area contributed by atoms with Crippen LogP contribution in [-0.4, -0.2) is 19.1 Å². The molecule has 0 saturated heterocycles. The maximum atomic E-state index is 12.3. The number of carbonyl (C=O) groups excluding carboxylic acids is 1. The van der Waals surface area contributed by atoms with Gasteiger partial charge < -0.3 is 15.8 Å². The summed E-state index contributed by atoms with van der Waals surface area (Å²) in [6.07, 6.45) is 0.206. The number of nitrogen functional groups attached to an aromatic ring is 1. The van der Waals surface area contributed by atoms with Crippen LogP contribution in [0.2, 0.25) is 0 Å². The number of ether oxygens (including phenoxy) is 1. The summed E-state index contributed by atoms with van der Waals surface area (Å²) in [5.41, 5.74) is 8.41. The molecule has 116 valence electrons. The molecule has 1 amide bonds. The molecule has 4 nitrogen and oxygen atoms in total. The monoisotopic (exact) mass is 298 g/mol.